The number of urea groups is 1. The summed E-state index contributed by atoms with van der Waals surface area (Å²) < 4.78 is 10.2. The van der Waals surface area contributed by atoms with Gasteiger partial charge in [0.25, 0.3) is 0 Å². The van der Waals surface area contributed by atoms with E-state index in [9.17, 15) is 9.59 Å². The number of ether oxygens (including phenoxy) is 1. The predicted octanol–water partition coefficient (Wildman–Crippen LogP) is 3.34. The Hall–Kier alpha value is -2.87. The van der Waals surface area contributed by atoms with E-state index in [1.807, 2.05) is 6.92 Å². The highest BCUT2D eigenvalue weighted by atomic mass is 35.5. The Morgan fingerprint density at radius 3 is 2.57 bits per heavy atom. The Bertz CT molecular complexity index is 922. The van der Waals surface area contributed by atoms with Crippen molar-refractivity contribution in [1.82, 2.24) is 19.9 Å². The average Bonchev–Trinajstić information content (AvgIpc) is 3.16. The molecule has 1 atom stereocenters. The van der Waals surface area contributed by atoms with Crippen molar-refractivity contribution in [3.05, 3.63) is 57.8 Å². The van der Waals surface area contributed by atoms with E-state index in [0.717, 1.165) is 5.56 Å². The second kappa shape index (κ2) is 8.02. The molecule has 8 nitrogen and oxygen atoms in total. The number of esters is 1. The first-order valence-corrected chi connectivity index (χ1v) is 9.15. The maximum atomic E-state index is 13.1. The van der Waals surface area contributed by atoms with Gasteiger partial charge in [-0.1, -0.05) is 35.8 Å². The van der Waals surface area contributed by atoms with E-state index in [0.29, 0.717) is 34.4 Å². The number of amides is 2. The zero-order valence-corrected chi connectivity index (χ0v) is 16.9. The van der Waals surface area contributed by atoms with Gasteiger partial charge in [0.15, 0.2) is 5.82 Å². The number of carbonyl (C=O) groups excluding carboxylic acids is 2. The first-order valence-electron chi connectivity index (χ1n) is 8.77. The van der Waals surface area contributed by atoms with E-state index in [4.69, 9.17) is 20.9 Å². The van der Waals surface area contributed by atoms with Gasteiger partial charge in [-0.15, -0.1) is 0 Å². The molecule has 0 bridgehead atoms. The first kappa shape index (κ1) is 19.9. The van der Waals surface area contributed by atoms with E-state index in [2.05, 4.69) is 10.1 Å². The van der Waals surface area contributed by atoms with Crippen molar-refractivity contribution in [2.75, 3.05) is 14.2 Å². The molecular weight excluding hydrogens is 384 g/mol. The van der Waals surface area contributed by atoms with Gasteiger partial charge in [0.05, 0.1) is 25.3 Å². The zero-order valence-electron chi connectivity index (χ0n) is 16.1. The van der Waals surface area contributed by atoms with E-state index >= 15 is 0 Å². The van der Waals surface area contributed by atoms with Crippen LogP contribution < -0.4 is 0 Å². The smallest absolute Gasteiger partial charge is 0.337 e. The van der Waals surface area contributed by atoms with Crippen LogP contribution >= 0.6 is 11.6 Å². The largest absolute Gasteiger partial charge is 0.466 e. The second-order valence-electron chi connectivity index (χ2n) is 6.37. The number of benzene rings is 1. The van der Waals surface area contributed by atoms with Gasteiger partial charge in [0.2, 0.25) is 5.89 Å². The van der Waals surface area contributed by atoms with E-state index in [-0.39, 0.29) is 12.6 Å². The van der Waals surface area contributed by atoms with Crippen LogP contribution in [-0.2, 0) is 22.5 Å². The summed E-state index contributed by atoms with van der Waals surface area (Å²) >= 11 is 6.02. The number of allylic oxidation sites excluding steroid dienone is 1. The molecule has 2 amide bonds. The molecule has 9 heteroatoms. The highest BCUT2D eigenvalue weighted by Gasteiger charge is 2.41. The van der Waals surface area contributed by atoms with Gasteiger partial charge >= 0.3 is 12.0 Å². The van der Waals surface area contributed by atoms with Crippen molar-refractivity contribution < 1.29 is 18.8 Å². The molecule has 0 saturated heterocycles. The highest BCUT2D eigenvalue weighted by Crippen LogP contribution is 2.38. The molecule has 1 aliphatic rings. The zero-order chi connectivity index (χ0) is 20.4. The monoisotopic (exact) mass is 404 g/mol. The molecule has 1 aromatic carbocycles. The number of methoxy groups -OCH3 is 1. The maximum Gasteiger partial charge on any atom is 0.337 e. The number of aromatic nitrogens is 2. The van der Waals surface area contributed by atoms with Crippen LogP contribution in [0.5, 0.6) is 0 Å². The number of halogens is 1. The summed E-state index contributed by atoms with van der Waals surface area (Å²) in [4.78, 5) is 32.9. The average molecular weight is 405 g/mol. The minimum absolute atomic E-state index is 0.0771. The number of hydrogen-bond donors (Lipinski definition) is 0. The Kier molecular flexibility index (Phi) is 5.69. The van der Waals surface area contributed by atoms with Gasteiger partial charge in [-0.05, 0) is 24.6 Å². The van der Waals surface area contributed by atoms with E-state index in [1.165, 1.54) is 16.9 Å². The fourth-order valence-corrected chi connectivity index (χ4v) is 3.28. The molecule has 0 fully saturated rings. The van der Waals surface area contributed by atoms with Crippen LogP contribution in [0.1, 0.15) is 37.2 Å². The molecule has 1 aromatic heterocycles. The Balaban J connectivity index is 2.11. The molecule has 1 unspecified atom stereocenters. The Labute approximate surface area is 167 Å². The third-order valence-corrected chi connectivity index (χ3v) is 4.98. The summed E-state index contributed by atoms with van der Waals surface area (Å²) in [6.45, 7) is 3.69. The summed E-state index contributed by atoms with van der Waals surface area (Å²) in [6.07, 6.45) is 0.591. The van der Waals surface area contributed by atoms with Crippen molar-refractivity contribution in [2.24, 2.45) is 0 Å². The lowest BCUT2D eigenvalue weighted by Gasteiger charge is -2.41. The molecule has 28 heavy (non-hydrogen) atoms. The summed E-state index contributed by atoms with van der Waals surface area (Å²) in [5.41, 5.74) is 1.62. The number of nitrogens with zero attached hydrogens (tertiary/aromatic N) is 4. The van der Waals surface area contributed by atoms with Gasteiger partial charge in [-0.3, -0.25) is 0 Å². The lowest BCUT2D eigenvalue weighted by molar-refractivity contribution is -0.137. The van der Waals surface area contributed by atoms with Crippen molar-refractivity contribution >= 4 is 23.6 Å². The fraction of sp³-hybridized carbons (Fsp3) is 0.368. The van der Waals surface area contributed by atoms with Gasteiger partial charge < -0.3 is 19.1 Å². The summed E-state index contributed by atoms with van der Waals surface area (Å²) in [5, 5.41) is 4.50. The number of carbonyl (C=O) groups is 2. The van der Waals surface area contributed by atoms with Crippen molar-refractivity contribution in [3.8, 4) is 0 Å². The normalized spacial score (nSPS) is 17.3. The topological polar surface area (TPSA) is 88.8 Å². The predicted molar refractivity (Wildman–Crippen MR) is 101 cm³/mol. The molecule has 148 valence electrons. The molecule has 0 radical (unpaired) electrons. The van der Waals surface area contributed by atoms with Crippen LogP contribution in [0.25, 0.3) is 0 Å². The van der Waals surface area contributed by atoms with E-state index < -0.39 is 12.0 Å². The van der Waals surface area contributed by atoms with Crippen LogP contribution in [0.2, 0.25) is 5.02 Å². The van der Waals surface area contributed by atoms with Crippen molar-refractivity contribution in [1.29, 1.82) is 0 Å². The number of aryl methyl sites for hydroxylation is 1. The molecule has 0 aliphatic carbocycles. The fourth-order valence-electron chi connectivity index (χ4n) is 3.15. The quantitative estimate of drug-likeness (QED) is 0.710. The molecule has 2 aromatic rings. The van der Waals surface area contributed by atoms with Gasteiger partial charge in [0, 0.05) is 24.2 Å². The molecule has 0 saturated carbocycles. The molecule has 0 spiro atoms. The summed E-state index contributed by atoms with van der Waals surface area (Å²) in [7, 11) is 2.92. The molecule has 2 heterocycles. The first-order chi connectivity index (χ1) is 13.4. The Morgan fingerprint density at radius 1 is 1.32 bits per heavy atom. The number of hydrogen-bond acceptors (Lipinski definition) is 6. The van der Waals surface area contributed by atoms with Crippen LogP contribution in [-0.4, -0.2) is 46.1 Å². The SMILES string of the molecule is CCc1nc(CN2C(=O)N(C)C(C)=C(C(=O)OC)C2c2ccc(Cl)cc2)no1. The van der Waals surface area contributed by atoms with Gasteiger partial charge in [-0.25, -0.2) is 9.59 Å². The van der Waals surface area contributed by atoms with Crippen molar-refractivity contribution in [2.45, 2.75) is 32.9 Å². The number of rotatable bonds is 5. The van der Waals surface area contributed by atoms with Gasteiger partial charge in [-0.2, -0.15) is 4.98 Å². The van der Waals surface area contributed by atoms with Gasteiger partial charge in [0.1, 0.15) is 0 Å². The van der Waals surface area contributed by atoms with Crippen molar-refractivity contribution in [3.63, 3.8) is 0 Å². The molecule has 3 rings (SSSR count). The summed E-state index contributed by atoms with van der Waals surface area (Å²) in [6, 6.07) is 6.03. The standard InChI is InChI=1S/C19H21ClN4O4/c1-5-15-21-14(22-28-15)10-24-17(12-6-8-13(20)9-7-12)16(18(25)27-4)11(2)23(3)19(24)26/h6-9,17H,5,10H2,1-4H3. The van der Waals surface area contributed by atoms with Crippen LogP contribution in [0.15, 0.2) is 40.1 Å². The third-order valence-electron chi connectivity index (χ3n) is 4.73. The van der Waals surface area contributed by atoms with Crippen LogP contribution in [0, 0.1) is 0 Å². The Morgan fingerprint density at radius 2 is 2.00 bits per heavy atom. The second-order valence-corrected chi connectivity index (χ2v) is 6.81. The van der Waals surface area contributed by atoms with Crippen LogP contribution in [0.4, 0.5) is 4.79 Å². The maximum absolute atomic E-state index is 13.1. The molecule has 1 aliphatic heterocycles. The minimum atomic E-state index is -0.669. The lowest BCUT2D eigenvalue weighted by Crippen LogP contribution is -2.48. The van der Waals surface area contributed by atoms with Crippen LogP contribution in [0.3, 0.4) is 0 Å². The minimum Gasteiger partial charge on any atom is -0.466 e. The molecule has 0 N–H and O–H groups in total. The lowest BCUT2D eigenvalue weighted by atomic mass is 9.93. The summed E-state index contributed by atoms with van der Waals surface area (Å²) in [5.74, 6) is 0.335. The highest BCUT2D eigenvalue weighted by molar-refractivity contribution is 6.30. The van der Waals surface area contributed by atoms with E-state index in [1.54, 1.807) is 38.2 Å². The third kappa shape index (κ3) is 3.60. The molecular formula is C19H21ClN4O4.